The lowest BCUT2D eigenvalue weighted by molar-refractivity contribution is 0.335. The van der Waals surface area contributed by atoms with Gasteiger partial charge in [-0.1, -0.05) is 18.2 Å². The molecule has 0 aliphatic carbocycles. The molecule has 41 heavy (non-hydrogen) atoms. The highest BCUT2D eigenvalue weighted by Gasteiger charge is 2.22. The van der Waals surface area contributed by atoms with E-state index in [1.807, 2.05) is 60.4 Å². The summed E-state index contributed by atoms with van der Waals surface area (Å²) < 4.78 is 36.8. The number of para-hydroxylation sites is 1. The molecule has 0 aliphatic rings. The zero-order valence-electron chi connectivity index (χ0n) is 22.4. The Kier molecular flexibility index (Phi) is 7.03. The SMILES string of the molecule is CCOc1cc(F)c(Cn2nc(-c3ncc(C)c(N(c4ccncc4)c4ccncc4)n3)c3ccccc32)c(F)c1. The first-order chi connectivity index (χ1) is 20.0. The van der Waals surface area contributed by atoms with Crippen LogP contribution in [0.15, 0.2) is 91.6 Å². The second-order valence-corrected chi connectivity index (χ2v) is 9.27. The van der Waals surface area contributed by atoms with Gasteiger partial charge in [-0.3, -0.25) is 19.5 Å². The normalized spacial score (nSPS) is 11.1. The minimum absolute atomic E-state index is 0.111. The van der Waals surface area contributed by atoms with E-state index in [9.17, 15) is 8.78 Å². The number of aryl methyl sites for hydroxylation is 1. The van der Waals surface area contributed by atoms with E-state index in [-0.39, 0.29) is 17.9 Å². The summed E-state index contributed by atoms with van der Waals surface area (Å²) in [7, 11) is 0. The molecule has 0 N–H and O–H groups in total. The molecule has 10 heteroatoms. The molecule has 0 amide bonds. The lowest BCUT2D eigenvalue weighted by atomic mass is 10.1. The van der Waals surface area contributed by atoms with Gasteiger partial charge in [0.2, 0.25) is 0 Å². The summed E-state index contributed by atoms with van der Waals surface area (Å²) in [6.07, 6.45) is 8.61. The van der Waals surface area contributed by atoms with Crippen LogP contribution in [0.2, 0.25) is 0 Å². The lowest BCUT2D eigenvalue weighted by Crippen LogP contribution is -2.14. The fourth-order valence-corrected chi connectivity index (χ4v) is 4.70. The van der Waals surface area contributed by atoms with Gasteiger partial charge in [0, 0.05) is 59.6 Å². The largest absolute Gasteiger partial charge is 0.494 e. The number of hydrogen-bond donors (Lipinski definition) is 0. The van der Waals surface area contributed by atoms with Crippen molar-refractivity contribution in [3.05, 3.63) is 114 Å². The van der Waals surface area contributed by atoms with E-state index in [0.717, 1.165) is 22.3 Å². The van der Waals surface area contributed by atoms with E-state index < -0.39 is 11.6 Å². The van der Waals surface area contributed by atoms with Crippen LogP contribution in [0.1, 0.15) is 18.1 Å². The average molecular weight is 550 g/mol. The molecule has 0 saturated heterocycles. The molecule has 0 fully saturated rings. The lowest BCUT2D eigenvalue weighted by Gasteiger charge is -2.25. The molecule has 204 valence electrons. The number of pyridine rings is 2. The maximum absolute atomic E-state index is 15.0. The van der Waals surface area contributed by atoms with Crippen LogP contribution in [0.4, 0.5) is 26.0 Å². The fourth-order valence-electron chi connectivity index (χ4n) is 4.70. The maximum Gasteiger partial charge on any atom is 0.182 e. The van der Waals surface area contributed by atoms with Crippen molar-refractivity contribution in [2.24, 2.45) is 0 Å². The molecule has 4 aromatic heterocycles. The van der Waals surface area contributed by atoms with Crippen LogP contribution in [0.3, 0.4) is 0 Å². The van der Waals surface area contributed by atoms with Crippen LogP contribution < -0.4 is 9.64 Å². The summed E-state index contributed by atoms with van der Waals surface area (Å²) in [6.45, 7) is 3.88. The molecule has 0 aliphatic heterocycles. The maximum atomic E-state index is 15.0. The molecule has 0 atom stereocenters. The van der Waals surface area contributed by atoms with E-state index in [4.69, 9.17) is 14.8 Å². The molecular formula is C31H25F2N7O. The van der Waals surface area contributed by atoms with Crippen molar-refractivity contribution in [1.82, 2.24) is 29.7 Å². The third-order valence-corrected chi connectivity index (χ3v) is 6.60. The Hall–Kier alpha value is -5.25. The standard InChI is InChI=1S/C31H25F2N7O/c1-3-41-23-16-26(32)25(27(33)17-23)19-39-28-7-5-4-6-24(28)29(38-39)30-36-18-20(2)31(37-30)40(21-8-12-34-13-9-21)22-10-14-35-15-11-22/h4-18H,3,19H2,1-2H3. The van der Waals surface area contributed by atoms with Gasteiger partial charge in [-0.15, -0.1) is 0 Å². The van der Waals surface area contributed by atoms with Crippen molar-refractivity contribution in [3.8, 4) is 17.3 Å². The van der Waals surface area contributed by atoms with Crippen molar-refractivity contribution >= 4 is 28.1 Å². The summed E-state index contributed by atoms with van der Waals surface area (Å²) >= 11 is 0. The van der Waals surface area contributed by atoms with Gasteiger partial charge in [-0.25, -0.2) is 18.7 Å². The van der Waals surface area contributed by atoms with Crippen LogP contribution in [-0.2, 0) is 6.54 Å². The molecule has 0 radical (unpaired) electrons. The van der Waals surface area contributed by atoms with Crippen molar-refractivity contribution in [1.29, 1.82) is 0 Å². The third kappa shape index (κ3) is 5.07. The van der Waals surface area contributed by atoms with Gasteiger partial charge >= 0.3 is 0 Å². The molecule has 6 rings (SSSR count). The first-order valence-electron chi connectivity index (χ1n) is 13.0. The van der Waals surface area contributed by atoms with Gasteiger partial charge in [-0.2, -0.15) is 5.10 Å². The molecule has 0 spiro atoms. The van der Waals surface area contributed by atoms with E-state index in [1.54, 1.807) is 42.6 Å². The number of ether oxygens (including phenoxy) is 1. The smallest absolute Gasteiger partial charge is 0.182 e. The molecule has 0 saturated carbocycles. The van der Waals surface area contributed by atoms with Gasteiger partial charge in [0.1, 0.15) is 28.9 Å². The molecule has 6 aromatic rings. The Bertz CT molecular complexity index is 1770. The van der Waals surface area contributed by atoms with Crippen molar-refractivity contribution < 1.29 is 13.5 Å². The molecule has 2 aromatic carbocycles. The van der Waals surface area contributed by atoms with Gasteiger partial charge in [0.25, 0.3) is 0 Å². The highest BCUT2D eigenvalue weighted by Crippen LogP contribution is 2.36. The monoisotopic (exact) mass is 549 g/mol. The number of hydrogen-bond acceptors (Lipinski definition) is 7. The molecule has 0 bridgehead atoms. The molecule has 8 nitrogen and oxygen atoms in total. The summed E-state index contributed by atoms with van der Waals surface area (Å²) in [6, 6.07) is 17.4. The van der Waals surface area contributed by atoms with E-state index in [0.29, 0.717) is 29.5 Å². The number of benzene rings is 2. The topological polar surface area (TPSA) is 81.9 Å². The Labute approximate surface area is 234 Å². The van der Waals surface area contributed by atoms with Gasteiger partial charge < -0.3 is 4.74 Å². The summed E-state index contributed by atoms with van der Waals surface area (Å²) in [5.74, 6) is -0.232. The molecule has 4 heterocycles. The minimum Gasteiger partial charge on any atom is -0.494 e. The average Bonchev–Trinajstić information content (AvgIpc) is 3.36. The van der Waals surface area contributed by atoms with Crippen LogP contribution >= 0.6 is 0 Å². The molecule has 0 unspecified atom stereocenters. The second kappa shape index (κ2) is 11.1. The Morgan fingerprint density at radius 2 is 1.51 bits per heavy atom. The number of rotatable bonds is 8. The Balaban J connectivity index is 1.46. The zero-order valence-corrected chi connectivity index (χ0v) is 22.4. The Morgan fingerprint density at radius 1 is 0.878 bits per heavy atom. The quantitative estimate of drug-likeness (QED) is 0.207. The first kappa shape index (κ1) is 26.0. The first-order valence-corrected chi connectivity index (χ1v) is 13.0. The van der Waals surface area contributed by atoms with Crippen molar-refractivity contribution in [2.75, 3.05) is 11.5 Å². The Morgan fingerprint density at radius 3 is 2.15 bits per heavy atom. The van der Waals surface area contributed by atoms with Crippen molar-refractivity contribution in [2.45, 2.75) is 20.4 Å². The van der Waals surface area contributed by atoms with Gasteiger partial charge in [0.05, 0.1) is 30.0 Å². The number of halogens is 2. The number of aromatic nitrogens is 6. The van der Waals surface area contributed by atoms with Crippen LogP contribution in [0, 0.1) is 18.6 Å². The highest BCUT2D eigenvalue weighted by molar-refractivity contribution is 5.92. The van der Waals surface area contributed by atoms with Crippen LogP contribution in [0.25, 0.3) is 22.4 Å². The predicted molar refractivity (Wildman–Crippen MR) is 152 cm³/mol. The van der Waals surface area contributed by atoms with E-state index in [1.165, 1.54) is 12.1 Å². The van der Waals surface area contributed by atoms with E-state index in [2.05, 4.69) is 15.0 Å². The third-order valence-electron chi connectivity index (χ3n) is 6.60. The van der Waals surface area contributed by atoms with E-state index >= 15 is 0 Å². The summed E-state index contributed by atoms with van der Waals surface area (Å²) in [4.78, 5) is 19.9. The van der Waals surface area contributed by atoms with Crippen LogP contribution in [0.5, 0.6) is 5.75 Å². The fraction of sp³-hybridized carbons (Fsp3) is 0.129. The number of nitrogens with zero attached hydrogens (tertiary/aromatic N) is 7. The molecular weight excluding hydrogens is 524 g/mol. The zero-order chi connectivity index (χ0) is 28.3. The minimum atomic E-state index is -0.700. The summed E-state index contributed by atoms with van der Waals surface area (Å²) in [5, 5.41) is 5.52. The second-order valence-electron chi connectivity index (χ2n) is 9.27. The van der Waals surface area contributed by atoms with Crippen molar-refractivity contribution in [3.63, 3.8) is 0 Å². The van der Waals surface area contributed by atoms with Gasteiger partial charge in [0.15, 0.2) is 5.82 Å². The summed E-state index contributed by atoms with van der Waals surface area (Å²) in [5.41, 5.74) is 3.63. The predicted octanol–water partition coefficient (Wildman–Crippen LogP) is 6.79. The number of anilines is 3. The van der Waals surface area contributed by atoms with Gasteiger partial charge in [-0.05, 0) is 44.2 Å². The highest BCUT2D eigenvalue weighted by atomic mass is 19.1. The number of fused-ring (bicyclic) bond motifs is 1. The van der Waals surface area contributed by atoms with Crippen LogP contribution in [-0.4, -0.2) is 36.3 Å².